The second-order valence-electron chi connectivity index (χ2n) is 5.12. The summed E-state index contributed by atoms with van der Waals surface area (Å²) < 4.78 is 0. The number of carbonyl (C=O) groups is 1. The summed E-state index contributed by atoms with van der Waals surface area (Å²) in [4.78, 5) is 12.1. The van der Waals surface area contributed by atoms with Gasteiger partial charge < -0.3 is 11.1 Å². The highest BCUT2D eigenvalue weighted by Gasteiger charge is 2.35. The van der Waals surface area contributed by atoms with E-state index in [4.69, 9.17) is 17.3 Å². The van der Waals surface area contributed by atoms with Gasteiger partial charge in [0.25, 0.3) is 5.91 Å². The minimum Gasteiger partial charge on any atom is -0.398 e. The Labute approximate surface area is 113 Å². The van der Waals surface area contributed by atoms with Gasteiger partial charge in [-0.2, -0.15) is 0 Å². The molecule has 1 aromatic carbocycles. The number of rotatable bonds is 4. The van der Waals surface area contributed by atoms with Gasteiger partial charge in [0.05, 0.1) is 5.56 Å². The van der Waals surface area contributed by atoms with E-state index in [1.807, 2.05) is 0 Å². The second-order valence-corrected chi connectivity index (χ2v) is 5.56. The van der Waals surface area contributed by atoms with E-state index in [9.17, 15) is 4.79 Å². The van der Waals surface area contributed by atoms with Crippen LogP contribution in [0.15, 0.2) is 18.2 Å². The molecule has 0 spiro atoms. The molecule has 1 amide bonds. The third kappa shape index (κ3) is 2.61. The number of halogens is 1. The van der Waals surface area contributed by atoms with Crippen molar-refractivity contribution in [3.8, 4) is 0 Å². The van der Waals surface area contributed by atoms with Crippen LogP contribution in [0.25, 0.3) is 0 Å². The topological polar surface area (TPSA) is 55.1 Å². The van der Waals surface area contributed by atoms with Crippen molar-refractivity contribution in [1.82, 2.24) is 5.32 Å². The summed E-state index contributed by atoms with van der Waals surface area (Å²) in [6.45, 7) is 2.91. The molecule has 0 aliphatic heterocycles. The monoisotopic (exact) mass is 266 g/mol. The molecule has 0 bridgehead atoms. The van der Waals surface area contributed by atoms with Gasteiger partial charge in [-0.15, -0.1) is 0 Å². The normalized spacial score (nSPS) is 17.0. The number of carbonyl (C=O) groups excluding carboxylic acids is 1. The molecule has 1 saturated carbocycles. The fourth-order valence-corrected chi connectivity index (χ4v) is 2.59. The van der Waals surface area contributed by atoms with Crippen LogP contribution >= 0.6 is 11.6 Å². The van der Waals surface area contributed by atoms with Gasteiger partial charge in [0.1, 0.15) is 0 Å². The molecular weight excluding hydrogens is 248 g/mol. The predicted octanol–water partition coefficient (Wildman–Crippen LogP) is 3.23. The molecule has 1 aliphatic carbocycles. The van der Waals surface area contributed by atoms with E-state index in [0.717, 1.165) is 13.0 Å². The molecule has 1 aromatic rings. The van der Waals surface area contributed by atoms with Crippen molar-refractivity contribution in [2.45, 2.75) is 32.6 Å². The van der Waals surface area contributed by atoms with Crippen molar-refractivity contribution >= 4 is 23.2 Å². The molecule has 18 heavy (non-hydrogen) atoms. The molecule has 4 heteroatoms. The predicted molar refractivity (Wildman–Crippen MR) is 74.8 cm³/mol. The number of nitrogens with two attached hydrogens (primary N) is 1. The number of hydrogen-bond donors (Lipinski definition) is 2. The van der Waals surface area contributed by atoms with Crippen molar-refractivity contribution in [3.63, 3.8) is 0 Å². The van der Waals surface area contributed by atoms with Crippen LogP contribution in [0.4, 0.5) is 5.69 Å². The van der Waals surface area contributed by atoms with Crippen LogP contribution in [0, 0.1) is 5.41 Å². The number of hydrogen-bond acceptors (Lipinski definition) is 2. The molecule has 0 radical (unpaired) electrons. The number of amides is 1. The summed E-state index contributed by atoms with van der Waals surface area (Å²) in [6.07, 6.45) is 4.78. The van der Waals surface area contributed by atoms with Crippen molar-refractivity contribution < 1.29 is 4.79 Å². The molecule has 1 fully saturated rings. The molecule has 98 valence electrons. The maximum atomic E-state index is 12.1. The van der Waals surface area contributed by atoms with Crippen LogP contribution in [0.1, 0.15) is 43.0 Å². The second kappa shape index (κ2) is 5.19. The van der Waals surface area contributed by atoms with Crippen molar-refractivity contribution in [2.24, 2.45) is 5.41 Å². The molecule has 2 rings (SSSR count). The number of benzene rings is 1. The third-order valence-corrected chi connectivity index (χ3v) is 4.28. The summed E-state index contributed by atoms with van der Waals surface area (Å²) in [5, 5.41) is 3.51. The molecule has 3 nitrogen and oxygen atoms in total. The van der Waals surface area contributed by atoms with Gasteiger partial charge in [-0.3, -0.25) is 4.79 Å². The SMILES string of the molecule is CCC1(CNC(=O)c2cc(Cl)ccc2N)CCC1. The highest BCUT2D eigenvalue weighted by atomic mass is 35.5. The minimum absolute atomic E-state index is 0.130. The first kappa shape index (κ1) is 13.2. The summed E-state index contributed by atoms with van der Waals surface area (Å²) >= 11 is 5.88. The van der Waals surface area contributed by atoms with Crippen molar-refractivity contribution in [1.29, 1.82) is 0 Å². The zero-order chi connectivity index (χ0) is 13.2. The first-order chi connectivity index (χ1) is 8.56. The number of nitrogens with one attached hydrogen (secondary N) is 1. The summed E-state index contributed by atoms with van der Waals surface area (Å²) in [5.74, 6) is -0.130. The highest BCUT2D eigenvalue weighted by molar-refractivity contribution is 6.31. The zero-order valence-electron chi connectivity index (χ0n) is 10.6. The maximum Gasteiger partial charge on any atom is 0.253 e. The van der Waals surface area contributed by atoms with Crippen LogP contribution in [-0.4, -0.2) is 12.5 Å². The van der Waals surface area contributed by atoms with E-state index in [1.165, 1.54) is 19.3 Å². The van der Waals surface area contributed by atoms with E-state index < -0.39 is 0 Å². The summed E-state index contributed by atoms with van der Waals surface area (Å²) in [6, 6.07) is 4.97. The molecule has 0 heterocycles. The fourth-order valence-electron chi connectivity index (χ4n) is 2.42. The van der Waals surface area contributed by atoms with Crippen molar-refractivity contribution in [2.75, 3.05) is 12.3 Å². The Morgan fingerprint density at radius 1 is 1.50 bits per heavy atom. The zero-order valence-corrected chi connectivity index (χ0v) is 11.4. The lowest BCUT2D eigenvalue weighted by Crippen LogP contribution is -2.41. The van der Waals surface area contributed by atoms with Gasteiger partial charge in [0, 0.05) is 17.3 Å². The van der Waals surface area contributed by atoms with E-state index >= 15 is 0 Å². The Morgan fingerprint density at radius 2 is 2.22 bits per heavy atom. The molecule has 0 unspecified atom stereocenters. The lowest BCUT2D eigenvalue weighted by molar-refractivity contribution is 0.0851. The van der Waals surface area contributed by atoms with Crippen LogP contribution in [0.5, 0.6) is 0 Å². The number of anilines is 1. The molecule has 0 aromatic heterocycles. The highest BCUT2D eigenvalue weighted by Crippen LogP contribution is 2.43. The van der Waals surface area contributed by atoms with Gasteiger partial charge in [0.15, 0.2) is 0 Å². The largest absolute Gasteiger partial charge is 0.398 e. The summed E-state index contributed by atoms with van der Waals surface area (Å²) in [7, 11) is 0. The Kier molecular flexibility index (Phi) is 3.81. The van der Waals surface area contributed by atoms with Gasteiger partial charge >= 0.3 is 0 Å². The van der Waals surface area contributed by atoms with Gasteiger partial charge in [-0.05, 0) is 42.9 Å². The average Bonchev–Trinajstić information content (AvgIpc) is 2.31. The van der Waals surface area contributed by atoms with Crippen LogP contribution in [-0.2, 0) is 0 Å². The fraction of sp³-hybridized carbons (Fsp3) is 0.500. The van der Waals surface area contributed by atoms with Gasteiger partial charge in [0.2, 0.25) is 0 Å². The van der Waals surface area contributed by atoms with E-state index in [0.29, 0.717) is 21.7 Å². The van der Waals surface area contributed by atoms with Crippen LogP contribution in [0.3, 0.4) is 0 Å². The third-order valence-electron chi connectivity index (χ3n) is 4.05. The number of nitrogen functional groups attached to an aromatic ring is 1. The quantitative estimate of drug-likeness (QED) is 0.822. The molecular formula is C14H19ClN2O. The Hall–Kier alpha value is -1.22. The van der Waals surface area contributed by atoms with Gasteiger partial charge in [-0.25, -0.2) is 0 Å². The van der Waals surface area contributed by atoms with Crippen LogP contribution < -0.4 is 11.1 Å². The molecule has 1 aliphatic rings. The standard InChI is InChI=1S/C14H19ClN2O/c1-2-14(6-3-7-14)9-17-13(18)11-8-10(15)4-5-12(11)16/h4-5,8H,2-3,6-7,9,16H2,1H3,(H,17,18). The molecule has 3 N–H and O–H groups in total. The molecule has 0 saturated heterocycles. The summed E-state index contributed by atoms with van der Waals surface area (Å²) in [5.41, 5.74) is 7.03. The first-order valence-corrected chi connectivity index (χ1v) is 6.77. The lowest BCUT2D eigenvalue weighted by atomic mass is 9.67. The maximum absolute atomic E-state index is 12.1. The Morgan fingerprint density at radius 3 is 2.78 bits per heavy atom. The van der Waals surface area contributed by atoms with E-state index in [-0.39, 0.29) is 5.91 Å². The van der Waals surface area contributed by atoms with Gasteiger partial charge in [-0.1, -0.05) is 24.9 Å². The Balaban J connectivity index is 2.01. The minimum atomic E-state index is -0.130. The smallest absolute Gasteiger partial charge is 0.253 e. The molecule has 0 atom stereocenters. The lowest BCUT2D eigenvalue weighted by Gasteiger charge is -2.41. The Bertz CT molecular complexity index is 450. The van der Waals surface area contributed by atoms with E-state index in [1.54, 1.807) is 18.2 Å². The van der Waals surface area contributed by atoms with Crippen LogP contribution in [0.2, 0.25) is 5.02 Å². The first-order valence-electron chi connectivity index (χ1n) is 6.39. The van der Waals surface area contributed by atoms with E-state index in [2.05, 4.69) is 12.2 Å². The average molecular weight is 267 g/mol. The van der Waals surface area contributed by atoms with Crippen molar-refractivity contribution in [3.05, 3.63) is 28.8 Å².